The highest BCUT2D eigenvalue weighted by Gasteiger charge is 2.06. The maximum atomic E-state index is 13.3. The predicted molar refractivity (Wildman–Crippen MR) is 78.6 cm³/mol. The third-order valence-corrected chi connectivity index (χ3v) is 3.04. The molecule has 5 nitrogen and oxygen atoms in total. The first-order valence-corrected chi connectivity index (χ1v) is 6.60. The molecule has 106 valence electrons. The monoisotopic (exact) mass is 332 g/mol. The van der Waals surface area contributed by atoms with Crippen molar-refractivity contribution >= 4 is 27.6 Å². The van der Waals surface area contributed by atoms with Crippen LogP contribution in [0.2, 0.25) is 0 Å². The molecule has 0 unspecified atom stereocenters. The first-order chi connectivity index (χ1) is 9.08. The highest BCUT2D eigenvalue weighted by molar-refractivity contribution is 9.10. The summed E-state index contributed by atoms with van der Waals surface area (Å²) in [7, 11) is 1.64. The lowest BCUT2D eigenvalue weighted by Crippen LogP contribution is -2.36. The molecule has 1 aromatic rings. The first-order valence-electron chi connectivity index (χ1n) is 5.81. The third-order valence-electron chi connectivity index (χ3n) is 2.43. The van der Waals surface area contributed by atoms with E-state index in [2.05, 4.69) is 31.7 Å². The number of rotatable bonds is 5. The van der Waals surface area contributed by atoms with Crippen molar-refractivity contribution in [3.05, 3.63) is 28.0 Å². The molecule has 19 heavy (non-hydrogen) atoms. The van der Waals surface area contributed by atoms with Crippen LogP contribution in [-0.4, -0.2) is 26.2 Å². The summed E-state index contributed by atoms with van der Waals surface area (Å²) in [5.74, 6) is 5.52. The molecule has 4 N–H and O–H groups in total. The highest BCUT2D eigenvalue weighted by atomic mass is 79.9. The van der Waals surface area contributed by atoms with E-state index in [-0.39, 0.29) is 5.82 Å². The highest BCUT2D eigenvalue weighted by Crippen LogP contribution is 2.24. The second-order valence-corrected chi connectivity index (χ2v) is 4.78. The van der Waals surface area contributed by atoms with E-state index in [0.717, 1.165) is 17.7 Å². The lowest BCUT2D eigenvalue weighted by Gasteiger charge is -2.12. The van der Waals surface area contributed by atoms with Gasteiger partial charge in [0.1, 0.15) is 5.82 Å². The van der Waals surface area contributed by atoms with Crippen LogP contribution < -0.4 is 16.6 Å². The molecule has 0 aromatic heterocycles. The Bertz CT molecular complexity index is 454. The first kappa shape index (κ1) is 15.9. The second kappa shape index (κ2) is 8.08. The summed E-state index contributed by atoms with van der Waals surface area (Å²) in [6, 6.07) is 3.08. The molecule has 0 radical (unpaired) electrons. The van der Waals surface area contributed by atoms with Crippen LogP contribution in [0, 0.1) is 12.7 Å². The van der Waals surface area contributed by atoms with Crippen molar-refractivity contribution in [3.8, 4) is 0 Å². The van der Waals surface area contributed by atoms with E-state index < -0.39 is 0 Å². The lowest BCUT2D eigenvalue weighted by atomic mass is 10.2. The Morgan fingerprint density at radius 1 is 1.53 bits per heavy atom. The van der Waals surface area contributed by atoms with E-state index in [0.29, 0.717) is 23.6 Å². The molecule has 0 aliphatic rings. The number of nitrogens with zero attached hydrogens (tertiary/aromatic N) is 1. The standard InChI is InChI=1S/C12H18BrFN4O/c1-8-6-10(14)9(13)7-11(8)17-12(18-15)16-4-3-5-19-2/h6-7H,3-5,15H2,1-2H3,(H2,16,17,18). The maximum absolute atomic E-state index is 13.3. The number of benzene rings is 1. The van der Waals surface area contributed by atoms with Gasteiger partial charge in [-0.1, -0.05) is 0 Å². The van der Waals surface area contributed by atoms with Crippen LogP contribution in [0.3, 0.4) is 0 Å². The van der Waals surface area contributed by atoms with Gasteiger partial charge in [-0.3, -0.25) is 10.4 Å². The fraction of sp³-hybridized carbons (Fsp3) is 0.417. The minimum absolute atomic E-state index is 0.303. The van der Waals surface area contributed by atoms with Gasteiger partial charge in [0.15, 0.2) is 0 Å². The Kier molecular flexibility index (Phi) is 6.75. The summed E-state index contributed by atoms with van der Waals surface area (Å²) >= 11 is 3.14. The minimum Gasteiger partial charge on any atom is -0.385 e. The summed E-state index contributed by atoms with van der Waals surface area (Å²) in [5.41, 5.74) is 3.98. The van der Waals surface area contributed by atoms with E-state index >= 15 is 0 Å². The molecule has 0 aliphatic carbocycles. The van der Waals surface area contributed by atoms with Crippen molar-refractivity contribution in [1.82, 2.24) is 5.43 Å². The molecule has 0 amide bonds. The largest absolute Gasteiger partial charge is 0.385 e. The van der Waals surface area contributed by atoms with Gasteiger partial charge in [-0.15, -0.1) is 0 Å². The summed E-state index contributed by atoms with van der Waals surface area (Å²) in [6.45, 7) is 3.03. The molecular formula is C12H18BrFN4O. The normalized spacial score (nSPS) is 11.5. The number of nitrogens with two attached hydrogens (primary N) is 1. The molecular weight excluding hydrogens is 315 g/mol. The molecule has 0 fully saturated rings. The Hall–Kier alpha value is -1.18. The lowest BCUT2D eigenvalue weighted by molar-refractivity contribution is 0.197. The maximum Gasteiger partial charge on any atom is 0.210 e. The van der Waals surface area contributed by atoms with Crippen LogP contribution in [0.1, 0.15) is 12.0 Å². The van der Waals surface area contributed by atoms with Crippen LogP contribution in [0.25, 0.3) is 0 Å². The number of aliphatic imine (C=N–C) groups is 1. The third kappa shape index (κ3) is 5.14. The number of guanidine groups is 1. The quantitative estimate of drug-likeness (QED) is 0.254. The SMILES string of the molecule is COCCCN=C(NN)Nc1cc(Br)c(F)cc1C. The molecule has 1 aromatic carbocycles. The van der Waals surface area contributed by atoms with Gasteiger partial charge < -0.3 is 10.1 Å². The van der Waals surface area contributed by atoms with E-state index in [4.69, 9.17) is 10.6 Å². The van der Waals surface area contributed by atoms with Crippen LogP contribution in [-0.2, 0) is 4.74 Å². The Balaban J connectivity index is 2.72. The summed E-state index contributed by atoms with van der Waals surface area (Å²) in [4.78, 5) is 4.25. The number of hydrogen-bond donors (Lipinski definition) is 3. The van der Waals surface area contributed by atoms with E-state index in [9.17, 15) is 4.39 Å². The zero-order valence-electron chi connectivity index (χ0n) is 11.0. The van der Waals surface area contributed by atoms with Crippen molar-refractivity contribution in [1.29, 1.82) is 0 Å². The van der Waals surface area contributed by atoms with E-state index in [1.807, 2.05) is 0 Å². The average Bonchev–Trinajstić information content (AvgIpc) is 2.39. The van der Waals surface area contributed by atoms with Gasteiger partial charge in [-0.2, -0.15) is 0 Å². The molecule has 0 spiro atoms. The van der Waals surface area contributed by atoms with Crippen molar-refractivity contribution in [3.63, 3.8) is 0 Å². The molecule has 0 atom stereocenters. The molecule has 0 aliphatic heterocycles. The molecule has 0 heterocycles. The van der Waals surface area contributed by atoms with Gasteiger partial charge in [-0.05, 0) is 47.0 Å². The number of nitrogens with one attached hydrogen (secondary N) is 2. The Morgan fingerprint density at radius 2 is 2.26 bits per heavy atom. The predicted octanol–water partition coefficient (Wildman–Crippen LogP) is 2.16. The van der Waals surface area contributed by atoms with Gasteiger partial charge in [0.25, 0.3) is 0 Å². The average molecular weight is 333 g/mol. The zero-order chi connectivity index (χ0) is 14.3. The van der Waals surface area contributed by atoms with Crippen molar-refractivity contribution in [2.75, 3.05) is 25.6 Å². The number of ether oxygens (including phenoxy) is 1. The van der Waals surface area contributed by atoms with Gasteiger partial charge in [0.2, 0.25) is 5.96 Å². The number of methoxy groups -OCH3 is 1. The zero-order valence-corrected chi connectivity index (χ0v) is 12.6. The van der Waals surface area contributed by atoms with Gasteiger partial charge >= 0.3 is 0 Å². The summed E-state index contributed by atoms with van der Waals surface area (Å²) < 4.78 is 18.6. The number of anilines is 1. The van der Waals surface area contributed by atoms with Crippen molar-refractivity contribution in [2.24, 2.45) is 10.8 Å². The number of aryl methyl sites for hydroxylation is 1. The number of hydrogen-bond acceptors (Lipinski definition) is 3. The van der Waals surface area contributed by atoms with Crippen LogP contribution >= 0.6 is 15.9 Å². The summed E-state index contributed by atoms with van der Waals surface area (Å²) in [6.07, 6.45) is 0.801. The molecule has 1 rings (SSSR count). The van der Waals surface area contributed by atoms with Gasteiger partial charge in [0, 0.05) is 25.9 Å². The van der Waals surface area contributed by atoms with Crippen LogP contribution in [0.4, 0.5) is 10.1 Å². The van der Waals surface area contributed by atoms with Crippen LogP contribution in [0.15, 0.2) is 21.6 Å². The van der Waals surface area contributed by atoms with Crippen LogP contribution in [0.5, 0.6) is 0 Å². The summed E-state index contributed by atoms with van der Waals surface area (Å²) in [5, 5.41) is 3.02. The second-order valence-electron chi connectivity index (χ2n) is 3.93. The number of halogens is 2. The molecule has 0 saturated heterocycles. The smallest absolute Gasteiger partial charge is 0.210 e. The van der Waals surface area contributed by atoms with E-state index in [1.165, 1.54) is 6.07 Å². The van der Waals surface area contributed by atoms with Crippen molar-refractivity contribution < 1.29 is 9.13 Å². The Morgan fingerprint density at radius 3 is 2.89 bits per heavy atom. The van der Waals surface area contributed by atoms with E-state index in [1.54, 1.807) is 20.1 Å². The molecule has 0 bridgehead atoms. The van der Waals surface area contributed by atoms with Gasteiger partial charge in [0.05, 0.1) is 4.47 Å². The minimum atomic E-state index is -0.303. The molecule has 0 saturated carbocycles. The molecule has 7 heteroatoms. The Labute approximate surface area is 120 Å². The number of hydrazine groups is 1. The fourth-order valence-corrected chi connectivity index (χ4v) is 1.77. The fourth-order valence-electron chi connectivity index (χ4n) is 1.43. The topological polar surface area (TPSA) is 71.7 Å². The van der Waals surface area contributed by atoms with Crippen molar-refractivity contribution in [2.45, 2.75) is 13.3 Å². The van der Waals surface area contributed by atoms with Gasteiger partial charge in [-0.25, -0.2) is 10.2 Å².